The Morgan fingerprint density at radius 2 is 1.89 bits per heavy atom. The van der Waals surface area contributed by atoms with Crippen LogP contribution in [0, 0.1) is 18.8 Å². The van der Waals surface area contributed by atoms with Crippen LogP contribution in [0.3, 0.4) is 0 Å². The highest BCUT2D eigenvalue weighted by Gasteiger charge is 2.67. The lowest BCUT2D eigenvalue weighted by Crippen LogP contribution is -2.54. The number of esters is 1. The van der Waals surface area contributed by atoms with Crippen LogP contribution in [0.1, 0.15) is 24.3 Å². The van der Waals surface area contributed by atoms with Gasteiger partial charge in [-0.3, -0.25) is 19.7 Å². The molecule has 1 N–H and O–H groups in total. The number of amides is 2. The number of rotatable bonds is 3. The van der Waals surface area contributed by atoms with Crippen LogP contribution in [0.4, 0.5) is 5.69 Å². The van der Waals surface area contributed by atoms with E-state index in [0.29, 0.717) is 11.4 Å². The molecular formula is C20H20N2O5. The molecule has 2 aromatic rings. The van der Waals surface area contributed by atoms with Gasteiger partial charge in [0.1, 0.15) is 11.3 Å². The van der Waals surface area contributed by atoms with E-state index in [9.17, 15) is 14.4 Å². The summed E-state index contributed by atoms with van der Waals surface area (Å²) in [5.74, 6) is -2.48. The average molecular weight is 368 g/mol. The number of fused-ring (bicyclic) bond motifs is 1. The van der Waals surface area contributed by atoms with E-state index in [1.807, 2.05) is 19.1 Å². The van der Waals surface area contributed by atoms with Gasteiger partial charge in [-0.05, 0) is 38.1 Å². The predicted molar refractivity (Wildman–Crippen MR) is 95.7 cm³/mol. The van der Waals surface area contributed by atoms with Crippen molar-refractivity contribution in [2.24, 2.45) is 11.8 Å². The molecule has 0 aliphatic carbocycles. The summed E-state index contributed by atoms with van der Waals surface area (Å²) in [7, 11) is 1.27. The zero-order valence-corrected chi connectivity index (χ0v) is 15.3. The van der Waals surface area contributed by atoms with E-state index < -0.39 is 35.3 Å². The van der Waals surface area contributed by atoms with Crippen molar-refractivity contribution in [2.45, 2.75) is 25.4 Å². The van der Waals surface area contributed by atoms with Gasteiger partial charge in [0.05, 0.1) is 36.9 Å². The van der Waals surface area contributed by atoms with Crippen LogP contribution in [-0.4, -0.2) is 30.4 Å². The number of carbonyl (C=O) groups excluding carboxylic acids is 3. The van der Waals surface area contributed by atoms with Crippen molar-refractivity contribution in [1.82, 2.24) is 5.32 Å². The largest absolute Gasteiger partial charge is 0.468 e. The smallest absolute Gasteiger partial charge is 0.326 e. The van der Waals surface area contributed by atoms with E-state index >= 15 is 0 Å². The molecule has 140 valence electrons. The Balaban J connectivity index is 1.81. The Bertz CT molecular complexity index is 905. The fourth-order valence-electron chi connectivity index (χ4n) is 4.20. The maximum atomic E-state index is 13.3. The Morgan fingerprint density at radius 3 is 2.48 bits per heavy atom. The number of anilines is 1. The molecule has 0 radical (unpaired) electrons. The molecular weight excluding hydrogens is 348 g/mol. The van der Waals surface area contributed by atoms with Crippen LogP contribution >= 0.6 is 0 Å². The van der Waals surface area contributed by atoms with E-state index in [0.717, 1.165) is 5.56 Å². The van der Waals surface area contributed by atoms with Crippen LogP contribution < -0.4 is 10.2 Å². The number of hydrogen-bond donors (Lipinski definition) is 1. The van der Waals surface area contributed by atoms with Crippen molar-refractivity contribution in [1.29, 1.82) is 0 Å². The molecule has 0 spiro atoms. The van der Waals surface area contributed by atoms with Crippen LogP contribution in [0.15, 0.2) is 47.1 Å². The van der Waals surface area contributed by atoms with E-state index in [2.05, 4.69) is 5.32 Å². The lowest BCUT2D eigenvalue weighted by atomic mass is 9.81. The van der Waals surface area contributed by atoms with E-state index in [4.69, 9.17) is 9.15 Å². The number of aryl methyl sites for hydroxylation is 1. The Morgan fingerprint density at radius 1 is 1.19 bits per heavy atom. The van der Waals surface area contributed by atoms with E-state index in [1.165, 1.54) is 18.3 Å². The highest BCUT2D eigenvalue weighted by molar-refractivity contribution is 6.24. The van der Waals surface area contributed by atoms with Crippen LogP contribution in [0.2, 0.25) is 0 Å². The highest BCUT2D eigenvalue weighted by Crippen LogP contribution is 2.49. The number of furan rings is 1. The van der Waals surface area contributed by atoms with Gasteiger partial charge in [-0.15, -0.1) is 0 Å². The Kier molecular flexibility index (Phi) is 3.92. The normalized spacial score (nSPS) is 29.9. The summed E-state index contributed by atoms with van der Waals surface area (Å²) in [6, 6.07) is 9.98. The fourth-order valence-corrected chi connectivity index (χ4v) is 4.20. The molecule has 0 unspecified atom stereocenters. The maximum absolute atomic E-state index is 13.3. The van der Waals surface area contributed by atoms with Gasteiger partial charge in [0.15, 0.2) is 0 Å². The van der Waals surface area contributed by atoms with Gasteiger partial charge < -0.3 is 9.15 Å². The molecule has 2 saturated heterocycles. The monoisotopic (exact) mass is 368 g/mol. The molecule has 1 aromatic heterocycles. The third kappa shape index (κ3) is 2.42. The minimum Gasteiger partial charge on any atom is -0.468 e. The molecule has 4 rings (SSSR count). The molecule has 0 saturated carbocycles. The van der Waals surface area contributed by atoms with Crippen LogP contribution in [0.5, 0.6) is 0 Å². The number of ether oxygens (including phenoxy) is 1. The van der Waals surface area contributed by atoms with Crippen molar-refractivity contribution in [3.63, 3.8) is 0 Å². The molecule has 1 aromatic carbocycles. The summed E-state index contributed by atoms with van der Waals surface area (Å²) in [4.78, 5) is 40.2. The first-order valence-corrected chi connectivity index (χ1v) is 8.72. The first-order valence-electron chi connectivity index (χ1n) is 8.72. The van der Waals surface area contributed by atoms with Gasteiger partial charge in [0, 0.05) is 0 Å². The maximum Gasteiger partial charge on any atom is 0.326 e. The van der Waals surface area contributed by atoms with E-state index in [-0.39, 0.29) is 5.91 Å². The van der Waals surface area contributed by atoms with Crippen molar-refractivity contribution < 1.29 is 23.5 Å². The molecule has 27 heavy (non-hydrogen) atoms. The van der Waals surface area contributed by atoms with Gasteiger partial charge in [-0.2, -0.15) is 0 Å². The second-order valence-electron chi connectivity index (χ2n) is 7.18. The number of imide groups is 1. The average Bonchev–Trinajstić information content (AvgIpc) is 3.34. The second kappa shape index (κ2) is 6.06. The summed E-state index contributed by atoms with van der Waals surface area (Å²) < 4.78 is 10.4. The topological polar surface area (TPSA) is 88.8 Å². The first kappa shape index (κ1) is 17.5. The summed E-state index contributed by atoms with van der Waals surface area (Å²) in [6.07, 6.45) is 1.50. The van der Waals surface area contributed by atoms with Gasteiger partial charge in [0.25, 0.3) is 0 Å². The Hall–Kier alpha value is -2.93. The second-order valence-corrected chi connectivity index (χ2v) is 7.18. The molecule has 7 heteroatoms. The summed E-state index contributed by atoms with van der Waals surface area (Å²) in [5.41, 5.74) is 0.186. The van der Waals surface area contributed by atoms with Gasteiger partial charge >= 0.3 is 5.97 Å². The van der Waals surface area contributed by atoms with E-state index in [1.54, 1.807) is 31.2 Å². The lowest BCUT2D eigenvalue weighted by Gasteiger charge is -2.28. The third-order valence-electron chi connectivity index (χ3n) is 5.54. The number of nitrogens with one attached hydrogen (secondary N) is 1. The lowest BCUT2D eigenvalue weighted by molar-refractivity contribution is -0.151. The molecule has 2 amide bonds. The number of methoxy groups -OCH3 is 1. The number of hydrogen-bond acceptors (Lipinski definition) is 6. The minimum atomic E-state index is -1.33. The van der Waals surface area contributed by atoms with Crippen LogP contribution in [0.25, 0.3) is 0 Å². The molecule has 2 aliphatic heterocycles. The zero-order valence-electron chi connectivity index (χ0n) is 15.3. The zero-order chi connectivity index (χ0) is 19.3. The Labute approximate surface area is 156 Å². The quantitative estimate of drug-likeness (QED) is 0.658. The van der Waals surface area contributed by atoms with Gasteiger partial charge in [0.2, 0.25) is 11.8 Å². The van der Waals surface area contributed by atoms with Crippen LogP contribution in [-0.2, 0) is 19.1 Å². The summed E-state index contributed by atoms with van der Waals surface area (Å²) in [5, 5.41) is 3.13. The molecule has 3 heterocycles. The van der Waals surface area contributed by atoms with Gasteiger partial charge in [-0.1, -0.05) is 17.7 Å². The first-order chi connectivity index (χ1) is 12.9. The molecule has 2 fully saturated rings. The fraction of sp³-hybridized carbons (Fsp3) is 0.350. The standard InChI is InChI=1S/C20H20N2O5/c1-11-6-8-12(9-7-11)22-17(23)14-15(18(22)24)20(2,19(25)26-3)21-16(14)13-5-4-10-27-13/h4-10,14-16,21H,1-3H3/t14-,15+,16+,20+/m0/s1. The third-order valence-corrected chi connectivity index (χ3v) is 5.54. The van der Waals surface area contributed by atoms with Crippen molar-refractivity contribution in [3.05, 3.63) is 54.0 Å². The molecule has 0 bridgehead atoms. The van der Waals surface area contributed by atoms with Crippen molar-refractivity contribution >= 4 is 23.5 Å². The SMILES string of the molecule is COC(=O)[C@]1(C)N[C@H](c2ccco2)[C@H]2C(=O)N(c3ccc(C)cc3)C(=O)[C@@H]21. The van der Waals surface area contributed by atoms with Crippen molar-refractivity contribution in [3.8, 4) is 0 Å². The minimum absolute atomic E-state index is 0.351. The molecule has 7 nitrogen and oxygen atoms in total. The van der Waals surface area contributed by atoms with Crippen molar-refractivity contribution in [2.75, 3.05) is 12.0 Å². The molecule has 4 atom stereocenters. The summed E-state index contributed by atoms with van der Waals surface area (Å²) >= 11 is 0. The number of carbonyl (C=O) groups is 3. The molecule has 2 aliphatic rings. The number of benzene rings is 1. The van der Waals surface area contributed by atoms with Gasteiger partial charge in [-0.25, -0.2) is 4.90 Å². The predicted octanol–water partition coefficient (Wildman–Crippen LogP) is 1.97. The number of nitrogens with zero attached hydrogens (tertiary/aromatic N) is 1. The highest BCUT2D eigenvalue weighted by atomic mass is 16.5. The summed E-state index contributed by atoms with van der Waals surface area (Å²) in [6.45, 7) is 3.53.